The van der Waals surface area contributed by atoms with Gasteiger partial charge < -0.3 is 14.8 Å². The number of nitrogens with zero attached hydrogens (tertiary/aromatic N) is 2. The average Bonchev–Trinajstić information content (AvgIpc) is 3.44. The van der Waals surface area contributed by atoms with Gasteiger partial charge in [0.1, 0.15) is 17.3 Å². The molecule has 2 saturated heterocycles. The first-order chi connectivity index (χ1) is 17.2. The van der Waals surface area contributed by atoms with Gasteiger partial charge in [0, 0.05) is 31.7 Å². The van der Waals surface area contributed by atoms with E-state index in [9.17, 15) is 21.6 Å². The Morgan fingerprint density at radius 3 is 2.22 bits per heavy atom. The van der Waals surface area contributed by atoms with Gasteiger partial charge in [-0.3, -0.25) is 4.79 Å². The van der Waals surface area contributed by atoms with E-state index in [2.05, 4.69) is 5.32 Å². The van der Waals surface area contributed by atoms with Crippen molar-refractivity contribution in [3.63, 3.8) is 0 Å². The molecule has 0 radical (unpaired) electrons. The van der Waals surface area contributed by atoms with Crippen LogP contribution in [0.1, 0.15) is 23.2 Å². The molecule has 0 aliphatic carbocycles. The van der Waals surface area contributed by atoms with Crippen molar-refractivity contribution in [1.29, 1.82) is 0 Å². The van der Waals surface area contributed by atoms with Crippen LogP contribution in [-0.4, -0.2) is 83.9 Å². The summed E-state index contributed by atoms with van der Waals surface area (Å²) in [6.45, 7) is 2.55. The molecule has 2 aromatic carbocycles. The Morgan fingerprint density at radius 2 is 1.56 bits per heavy atom. The molecule has 0 atom stereocenters. The van der Waals surface area contributed by atoms with E-state index in [1.54, 1.807) is 12.1 Å². The Morgan fingerprint density at radius 1 is 0.917 bits per heavy atom. The summed E-state index contributed by atoms with van der Waals surface area (Å²) in [5, 5.41) is 2.76. The SMILES string of the molecule is O=C(NCCOc1ccc(S(=O)(=O)N2CCOCC2)cc1)c1ccc(Cl)c(S(=O)(=O)N2CCCC2)c1. The minimum absolute atomic E-state index is 0.0702. The van der Waals surface area contributed by atoms with Gasteiger partial charge in [0.2, 0.25) is 20.0 Å². The number of hydrogen-bond acceptors (Lipinski definition) is 7. The Balaban J connectivity index is 1.30. The second-order valence-electron chi connectivity index (χ2n) is 8.35. The molecule has 1 N–H and O–H groups in total. The van der Waals surface area contributed by atoms with Crippen molar-refractivity contribution in [2.75, 3.05) is 52.5 Å². The number of carbonyl (C=O) groups excluding carboxylic acids is 1. The molecule has 36 heavy (non-hydrogen) atoms. The molecule has 0 aromatic heterocycles. The van der Waals surface area contributed by atoms with Crippen molar-refractivity contribution >= 4 is 37.6 Å². The average molecular weight is 558 g/mol. The van der Waals surface area contributed by atoms with E-state index in [4.69, 9.17) is 21.1 Å². The van der Waals surface area contributed by atoms with Gasteiger partial charge in [-0.05, 0) is 55.3 Å². The molecular formula is C23H28ClN3O7S2. The van der Waals surface area contributed by atoms with Crippen molar-refractivity contribution in [3.05, 3.63) is 53.1 Å². The molecule has 0 saturated carbocycles. The fourth-order valence-electron chi connectivity index (χ4n) is 3.99. The van der Waals surface area contributed by atoms with E-state index in [0.717, 1.165) is 12.8 Å². The summed E-state index contributed by atoms with van der Waals surface area (Å²) in [4.78, 5) is 12.7. The van der Waals surface area contributed by atoms with Gasteiger partial charge >= 0.3 is 0 Å². The number of sulfonamides is 2. The van der Waals surface area contributed by atoms with Crippen LogP contribution >= 0.6 is 11.6 Å². The molecule has 2 aliphatic heterocycles. The highest BCUT2D eigenvalue weighted by atomic mass is 35.5. The lowest BCUT2D eigenvalue weighted by atomic mass is 10.2. The number of rotatable bonds is 9. The summed E-state index contributed by atoms with van der Waals surface area (Å²) in [5.41, 5.74) is 0.176. The number of amides is 1. The number of nitrogens with one attached hydrogen (secondary N) is 1. The largest absolute Gasteiger partial charge is 0.492 e. The first-order valence-corrected chi connectivity index (χ1v) is 14.8. The maximum absolute atomic E-state index is 12.9. The molecule has 0 bridgehead atoms. The highest BCUT2D eigenvalue weighted by molar-refractivity contribution is 7.89. The number of benzene rings is 2. The van der Waals surface area contributed by atoms with Gasteiger partial charge in [0.25, 0.3) is 5.91 Å². The zero-order valence-electron chi connectivity index (χ0n) is 19.6. The first kappa shape index (κ1) is 26.8. The molecule has 196 valence electrons. The lowest BCUT2D eigenvalue weighted by Crippen LogP contribution is -2.40. The van der Waals surface area contributed by atoms with Gasteiger partial charge in [-0.15, -0.1) is 0 Å². The van der Waals surface area contributed by atoms with Crippen LogP contribution in [0.3, 0.4) is 0 Å². The lowest BCUT2D eigenvalue weighted by molar-refractivity contribution is 0.0730. The van der Waals surface area contributed by atoms with Crippen LogP contribution in [0.5, 0.6) is 5.75 Å². The molecule has 10 nitrogen and oxygen atoms in total. The molecule has 1 amide bonds. The number of morpholine rings is 1. The molecule has 2 aromatic rings. The van der Waals surface area contributed by atoms with Crippen molar-refractivity contribution in [3.8, 4) is 5.75 Å². The van der Waals surface area contributed by atoms with Crippen LogP contribution in [-0.2, 0) is 24.8 Å². The van der Waals surface area contributed by atoms with E-state index < -0.39 is 26.0 Å². The summed E-state index contributed by atoms with van der Waals surface area (Å²) < 4.78 is 64.7. The smallest absolute Gasteiger partial charge is 0.251 e. The summed E-state index contributed by atoms with van der Waals surface area (Å²) in [7, 11) is -7.35. The number of carbonyl (C=O) groups is 1. The number of halogens is 1. The normalized spacial score (nSPS) is 17.7. The highest BCUT2D eigenvalue weighted by Gasteiger charge is 2.30. The lowest BCUT2D eigenvalue weighted by Gasteiger charge is -2.26. The monoisotopic (exact) mass is 557 g/mol. The molecule has 0 spiro atoms. The predicted octanol–water partition coefficient (Wildman–Crippen LogP) is 1.95. The zero-order chi connectivity index (χ0) is 25.8. The number of ether oxygens (including phenoxy) is 2. The van der Waals surface area contributed by atoms with Crippen LogP contribution in [0, 0.1) is 0 Å². The Labute approximate surface area is 216 Å². The third-order valence-electron chi connectivity index (χ3n) is 5.96. The van der Waals surface area contributed by atoms with Gasteiger partial charge in [0.05, 0.1) is 29.7 Å². The molecule has 2 aliphatic rings. The second kappa shape index (κ2) is 11.4. The van der Waals surface area contributed by atoms with E-state index in [-0.39, 0.29) is 33.5 Å². The molecule has 2 fully saturated rings. The number of hydrogen-bond donors (Lipinski definition) is 1. The molecule has 4 rings (SSSR count). The van der Waals surface area contributed by atoms with Crippen molar-refractivity contribution in [2.45, 2.75) is 22.6 Å². The summed E-state index contributed by atoms with van der Waals surface area (Å²) >= 11 is 6.14. The Bertz CT molecular complexity index is 1290. The topological polar surface area (TPSA) is 122 Å². The van der Waals surface area contributed by atoms with Crippen molar-refractivity contribution in [2.24, 2.45) is 0 Å². The van der Waals surface area contributed by atoms with E-state index in [0.29, 0.717) is 45.1 Å². The second-order valence-corrected chi connectivity index (χ2v) is 12.6. The highest BCUT2D eigenvalue weighted by Crippen LogP contribution is 2.28. The van der Waals surface area contributed by atoms with Gasteiger partial charge in [-0.2, -0.15) is 8.61 Å². The fraction of sp³-hybridized carbons (Fsp3) is 0.435. The Kier molecular flexibility index (Phi) is 8.53. The predicted molar refractivity (Wildman–Crippen MR) is 133 cm³/mol. The van der Waals surface area contributed by atoms with E-state index in [1.165, 1.54) is 38.9 Å². The summed E-state index contributed by atoms with van der Waals surface area (Å²) in [6.07, 6.45) is 1.59. The van der Waals surface area contributed by atoms with E-state index in [1.807, 2.05) is 0 Å². The third-order valence-corrected chi connectivity index (χ3v) is 10.3. The van der Waals surface area contributed by atoms with Crippen LogP contribution in [0.4, 0.5) is 0 Å². The van der Waals surface area contributed by atoms with E-state index >= 15 is 0 Å². The van der Waals surface area contributed by atoms with Crippen LogP contribution in [0.25, 0.3) is 0 Å². The van der Waals surface area contributed by atoms with Crippen LogP contribution in [0.15, 0.2) is 52.3 Å². The van der Waals surface area contributed by atoms with Gasteiger partial charge in [-0.25, -0.2) is 16.8 Å². The first-order valence-electron chi connectivity index (χ1n) is 11.6. The quantitative estimate of drug-likeness (QED) is 0.468. The van der Waals surface area contributed by atoms with Crippen LogP contribution < -0.4 is 10.1 Å². The summed E-state index contributed by atoms with van der Waals surface area (Å²) in [5.74, 6) is -0.00393. The maximum atomic E-state index is 12.9. The fourth-order valence-corrected chi connectivity index (χ4v) is 7.41. The minimum Gasteiger partial charge on any atom is -0.492 e. The van der Waals surface area contributed by atoms with Crippen LogP contribution in [0.2, 0.25) is 5.02 Å². The maximum Gasteiger partial charge on any atom is 0.251 e. The van der Waals surface area contributed by atoms with Gasteiger partial charge in [0.15, 0.2) is 0 Å². The standard InChI is InChI=1S/C23H28ClN3O7S2/c24-21-8-3-18(17-22(21)36(31,32)26-10-1-2-11-26)23(28)25-9-14-34-19-4-6-20(7-5-19)35(29,30)27-12-15-33-16-13-27/h3-8,17H,1-2,9-16H2,(H,25,28). The summed E-state index contributed by atoms with van der Waals surface area (Å²) in [6, 6.07) is 10.2. The molecule has 0 unspecified atom stereocenters. The zero-order valence-corrected chi connectivity index (χ0v) is 21.9. The molecule has 2 heterocycles. The third kappa shape index (κ3) is 6.01. The Hall–Kier alpha value is -2.22. The van der Waals surface area contributed by atoms with Crippen molar-refractivity contribution in [1.82, 2.24) is 13.9 Å². The minimum atomic E-state index is -3.76. The van der Waals surface area contributed by atoms with Gasteiger partial charge in [-0.1, -0.05) is 11.6 Å². The van der Waals surface area contributed by atoms with Crippen molar-refractivity contribution < 1.29 is 31.1 Å². The molecular weight excluding hydrogens is 530 g/mol. The molecule has 13 heteroatoms.